The van der Waals surface area contributed by atoms with E-state index in [2.05, 4.69) is 9.82 Å². The van der Waals surface area contributed by atoms with E-state index in [0.29, 0.717) is 12.3 Å². The van der Waals surface area contributed by atoms with E-state index < -0.39 is 10.0 Å². The summed E-state index contributed by atoms with van der Waals surface area (Å²) in [5.74, 6) is 0. The molecule has 0 unspecified atom stereocenters. The molecule has 0 atom stereocenters. The van der Waals surface area contributed by atoms with E-state index in [1.165, 1.54) is 13.3 Å². The van der Waals surface area contributed by atoms with E-state index in [9.17, 15) is 8.42 Å². The molecule has 7 heteroatoms. The van der Waals surface area contributed by atoms with Crippen LogP contribution in [0.2, 0.25) is 0 Å². The van der Waals surface area contributed by atoms with Gasteiger partial charge in [-0.05, 0) is 12.1 Å². The molecule has 0 aliphatic heterocycles. The summed E-state index contributed by atoms with van der Waals surface area (Å²) >= 11 is 0. The van der Waals surface area contributed by atoms with Gasteiger partial charge in [0.1, 0.15) is 10.6 Å². The summed E-state index contributed by atoms with van der Waals surface area (Å²) in [4.78, 5) is 0.138. The van der Waals surface area contributed by atoms with Crippen molar-refractivity contribution in [2.45, 2.75) is 4.90 Å². The molecule has 0 radical (unpaired) electrons. The molecule has 3 aromatic rings. The Kier molecular flexibility index (Phi) is 5.28. The second kappa shape index (κ2) is 7.60. The lowest BCUT2D eigenvalue weighted by Crippen LogP contribution is -2.27. The molecule has 6 nitrogen and oxygen atoms in total. The molecule has 1 aromatic heterocycles. The zero-order chi connectivity index (χ0) is 17.7. The van der Waals surface area contributed by atoms with Gasteiger partial charge in [-0.3, -0.25) is 0 Å². The molecule has 1 N–H and O–H groups in total. The summed E-state index contributed by atoms with van der Waals surface area (Å²) in [6, 6.07) is 18.7. The second-order valence-corrected chi connectivity index (χ2v) is 7.11. The van der Waals surface area contributed by atoms with Gasteiger partial charge in [0.25, 0.3) is 0 Å². The maximum absolute atomic E-state index is 12.7. The van der Waals surface area contributed by atoms with E-state index in [0.717, 1.165) is 11.3 Å². The van der Waals surface area contributed by atoms with Gasteiger partial charge in [0.05, 0.1) is 18.5 Å². The van der Waals surface area contributed by atoms with Gasteiger partial charge in [-0.15, -0.1) is 0 Å². The molecule has 0 bridgehead atoms. The largest absolute Gasteiger partial charge is 0.383 e. The van der Waals surface area contributed by atoms with Gasteiger partial charge in [-0.25, -0.2) is 17.8 Å². The molecular weight excluding hydrogens is 338 g/mol. The van der Waals surface area contributed by atoms with Crippen LogP contribution in [0.4, 0.5) is 0 Å². The zero-order valence-electron chi connectivity index (χ0n) is 13.8. The Balaban J connectivity index is 2.08. The SMILES string of the molecule is COCCNS(=O)(=O)c1cn(-c2ccccc2)nc1-c1ccccc1. The number of hydrogen-bond donors (Lipinski definition) is 1. The first-order chi connectivity index (χ1) is 12.1. The maximum atomic E-state index is 12.7. The number of ether oxygens (including phenoxy) is 1. The first-order valence-electron chi connectivity index (χ1n) is 7.81. The van der Waals surface area contributed by atoms with Crippen molar-refractivity contribution in [3.63, 3.8) is 0 Å². The number of nitrogens with one attached hydrogen (secondary N) is 1. The first-order valence-corrected chi connectivity index (χ1v) is 9.29. The highest BCUT2D eigenvalue weighted by molar-refractivity contribution is 7.89. The molecule has 130 valence electrons. The number of methoxy groups -OCH3 is 1. The molecule has 0 saturated heterocycles. The van der Waals surface area contributed by atoms with E-state index in [4.69, 9.17) is 4.74 Å². The molecular formula is C18H19N3O3S. The predicted molar refractivity (Wildman–Crippen MR) is 96.1 cm³/mol. The number of rotatable bonds is 7. The van der Waals surface area contributed by atoms with Crippen LogP contribution in [-0.4, -0.2) is 38.5 Å². The van der Waals surface area contributed by atoms with Gasteiger partial charge in [0.15, 0.2) is 0 Å². The summed E-state index contributed by atoms with van der Waals surface area (Å²) in [6.07, 6.45) is 1.53. The van der Waals surface area contributed by atoms with E-state index in [1.54, 1.807) is 4.68 Å². The van der Waals surface area contributed by atoms with E-state index in [1.807, 2.05) is 60.7 Å². The molecule has 0 spiro atoms. The Morgan fingerprint density at radius 3 is 2.32 bits per heavy atom. The van der Waals surface area contributed by atoms with Gasteiger partial charge >= 0.3 is 0 Å². The number of para-hydroxylation sites is 1. The minimum absolute atomic E-state index is 0.138. The highest BCUT2D eigenvalue weighted by Gasteiger charge is 2.23. The van der Waals surface area contributed by atoms with Crippen molar-refractivity contribution < 1.29 is 13.2 Å². The summed E-state index contributed by atoms with van der Waals surface area (Å²) in [7, 11) is -2.19. The lowest BCUT2D eigenvalue weighted by molar-refractivity contribution is 0.204. The summed E-state index contributed by atoms with van der Waals surface area (Å²) in [5.41, 5.74) is 1.94. The number of benzene rings is 2. The van der Waals surface area contributed by atoms with Gasteiger partial charge in [-0.2, -0.15) is 5.10 Å². The fraction of sp³-hybridized carbons (Fsp3) is 0.167. The van der Waals surface area contributed by atoms with Crippen LogP contribution < -0.4 is 4.72 Å². The standard InChI is InChI=1S/C18H19N3O3S/c1-24-13-12-19-25(22,23)17-14-21(16-10-6-3-7-11-16)20-18(17)15-8-4-2-5-9-15/h2-11,14,19H,12-13H2,1H3. The van der Waals surface area contributed by atoms with Crippen molar-refractivity contribution in [1.82, 2.24) is 14.5 Å². The minimum Gasteiger partial charge on any atom is -0.383 e. The van der Waals surface area contributed by atoms with Crippen LogP contribution in [0.25, 0.3) is 16.9 Å². The van der Waals surface area contributed by atoms with Crippen LogP contribution in [0.3, 0.4) is 0 Å². The average Bonchev–Trinajstić information content (AvgIpc) is 3.10. The van der Waals surface area contributed by atoms with Gasteiger partial charge in [0.2, 0.25) is 10.0 Å². The monoisotopic (exact) mass is 357 g/mol. The van der Waals surface area contributed by atoms with Crippen molar-refractivity contribution in [1.29, 1.82) is 0 Å². The van der Waals surface area contributed by atoms with Crippen LogP contribution >= 0.6 is 0 Å². The Morgan fingerprint density at radius 2 is 1.68 bits per heavy atom. The fourth-order valence-electron chi connectivity index (χ4n) is 2.42. The fourth-order valence-corrected chi connectivity index (χ4v) is 3.58. The van der Waals surface area contributed by atoms with Crippen LogP contribution in [0, 0.1) is 0 Å². The van der Waals surface area contributed by atoms with Gasteiger partial charge in [0, 0.05) is 19.2 Å². The van der Waals surface area contributed by atoms with Crippen molar-refractivity contribution in [3.8, 4) is 16.9 Å². The lowest BCUT2D eigenvalue weighted by Gasteiger charge is -2.06. The highest BCUT2D eigenvalue weighted by atomic mass is 32.2. The Labute approximate surface area is 147 Å². The van der Waals surface area contributed by atoms with Crippen LogP contribution in [0.1, 0.15) is 0 Å². The van der Waals surface area contributed by atoms with Crippen molar-refractivity contribution in [2.24, 2.45) is 0 Å². The molecule has 0 fully saturated rings. The first kappa shape index (κ1) is 17.3. The Morgan fingerprint density at radius 1 is 1.04 bits per heavy atom. The average molecular weight is 357 g/mol. The van der Waals surface area contributed by atoms with Crippen molar-refractivity contribution in [2.75, 3.05) is 20.3 Å². The summed E-state index contributed by atoms with van der Waals surface area (Å²) in [6.45, 7) is 0.496. The Bertz CT molecular complexity index is 923. The molecule has 1 heterocycles. The van der Waals surface area contributed by atoms with Crippen LogP contribution in [-0.2, 0) is 14.8 Å². The zero-order valence-corrected chi connectivity index (χ0v) is 14.6. The van der Waals surface area contributed by atoms with Gasteiger partial charge in [-0.1, -0.05) is 48.5 Å². The summed E-state index contributed by atoms with van der Waals surface area (Å²) in [5, 5.41) is 4.51. The maximum Gasteiger partial charge on any atom is 0.244 e. The molecule has 0 saturated carbocycles. The number of sulfonamides is 1. The van der Waals surface area contributed by atoms with Gasteiger partial charge < -0.3 is 4.74 Å². The summed E-state index contributed by atoms with van der Waals surface area (Å²) < 4.78 is 34.5. The van der Waals surface area contributed by atoms with Crippen LogP contribution in [0.15, 0.2) is 71.8 Å². The Hall–Kier alpha value is -2.48. The molecule has 25 heavy (non-hydrogen) atoms. The predicted octanol–water partition coefficient (Wildman–Crippen LogP) is 2.46. The second-order valence-electron chi connectivity index (χ2n) is 5.38. The molecule has 0 aliphatic rings. The van der Waals surface area contributed by atoms with Crippen LogP contribution in [0.5, 0.6) is 0 Å². The highest BCUT2D eigenvalue weighted by Crippen LogP contribution is 2.27. The van der Waals surface area contributed by atoms with Crippen molar-refractivity contribution in [3.05, 3.63) is 66.9 Å². The molecule has 2 aromatic carbocycles. The molecule has 0 amide bonds. The molecule has 3 rings (SSSR count). The number of nitrogens with zero attached hydrogens (tertiary/aromatic N) is 2. The van der Waals surface area contributed by atoms with E-state index in [-0.39, 0.29) is 11.4 Å². The quantitative estimate of drug-likeness (QED) is 0.659. The topological polar surface area (TPSA) is 73.2 Å². The number of hydrogen-bond acceptors (Lipinski definition) is 4. The third-order valence-electron chi connectivity index (χ3n) is 3.64. The van der Waals surface area contributed by atoms with E-state index >= 15 is 0 Å². The normalized spacial score (nSPS) is 11.6. The molecule has 0 aliphatic carbocycles. The lowest BCUT2D eigenvalue weighted by atomic mass is 10.2. The van der Waals surface area contributed by atoms with Crippen molar-refractivity contribution >= 4 is 10.0 Å². The third kappa shape index (κ3) is 3.96. The third-order valence-corrected chi connectivity index (χ3v) is 5.10. The smallest absolute Gasteiger partial charge is 0.244 e. The number of aromatic nitrogens is 2. The minimum atomic E-state index is -3.71.